The smallest absolute Gasteiger partial charge is 0.322 e. The Bertz CT molecular complexity index is 217. The van der Waals surface area contributed by atoms with Gasteiger partial charge in [0.05, 0.1) is 7.11 Å². The van der Waals surface area contributed by atoms with Crippen molar-refractivity contribution in [2.24, 2.45) is 11.8 Å². The van der Waals surface area contributed by atoms with Crippen LogP contribution in [0.15, 0.2) is 0 Å². The summed E-state index contributed by atoms with van der Waals surface area (Å²) >= 11 is 0. The Morgan fingerprint density at radius 3 is 2.39 bits per heavy atom. The molecule has 0 saturated heterocycles. The quantitative estimate of drug-likeness (QED) is 0.610. The third kappa shape index (κ3) is 7.70. The van der Waals surface area contributed by atoms with Gasteiger partial charge < -0.3 is 10.1 Å². The van der Waals surface area contributed by atoms with Crippen molar-refractivity contribution in [3.8, 4) is 0 Å². The van der Waals surface area contributed by atoms with Gasteiger partial charge in [-0.15, -0.1) is 0 Å². The van der Waals surface area contributed by atoms with Gasteiger partial charge in [-0.05, 0) is 31.2 Å². The number of hydrogen-bond acceptors (Lipinski definition) is 3. The number of methoxy groups -OCH3 is 1. The van der Waals surface area contributed by atoms with Crippen molar-refractivity contribution >= 4 is 5.97 Å². The zero-order valence-corrected chi connectivity index (χ0v) is 12.8. The average Bonchev–Trinajstić information content (AvgIpc) is 2.36. The van der Waals surface area contributed by atoms with Crippen LogP contribution in [0.5, 0.6) is 0 Å². The van der Waals surface area contributed by atoms with Crippen molar-refractivity contribution in [1.82, 2.24) is 5.32 Å². The minimum Gasteiger partial charge on any atom is -0.468 e. The van der Waals surface area contributed by atoms with Gasteiger partial charge in [-0.1, -0.05) is 47.0 Å². The van der Waals surface area contributed by atoms with Crippen LogP contribution in [0.2, 0.25) is 0 Å². The SMILES string of the molecule is CCCCC(CC)CNC(CC(C)C)C(=O)OC. The second kappa shape index (κ2) is 10.4. The van der Waals surface area contributed by atoms with E-state index in [9.17, 15) is 4.79 Å². The third-order valence-electron chi connectivity index (χ3n) is 3.39. The summed E-state index contributed by atoms with van der Waals surface area (Å²) in [6.07, 6.45) is 5.77. The van der Waals surface area contributed by atoms with E-state index in [0.29, 0.717) is 11.8 Å². The summed E-state index contributed by atoms with van der Waals surface area (Å²) in [4.78, 5) is 11.7. The lowest BCUT2D eigenvalue weighted by atomic mass is 9.98. The van der Waals surface area contributed by atoms with Crippen LogP contribution < -0.4 is 5.32 Å². The summed E-state index contributed by atoms with van der Waals surface area (Å²) < 4.78 is 4.86. The number of unbranched alkanes of at least 4 members (excludes halogenated alkanes) is 1. The molecule has 3 heteroatoms. The molecule has 2 atom stereocenters. The normalized spacial score (nSPS) is 14.6. The summed E-state index contributed by atoms with van der Waals surface area (Å²) in [5.41, 5.74) is 0. The van der Waals surface area contributed by atoms with Crippen LogP contribution in [0.25, 0.3) is 0 Å². The monoisotopic (exact) mass is 257 g/mol. The van der Waals surface area contributed by atoms with Crippen LogP contribution in [0, 0.1) is 11.8 Å². The standard InChI is InChI=1S/C15H31NO2/c1-6-8-9-13(7-2)11-16-14(10-12(3)4)15(17)18-5/h12-14,16H,6-11H2,1-5H3. The van der Waals surface area contributed by atoms with E-state index in [4.69, 9.17) is 4.74 Å². The number of carbonyl (C=O) groups excluding carboxylic acids is 1. The van der Waals surface area contributed by atoms with Crippen molar-refractivity contribution in [3.05, 3.63) is 0 Å². The van der Waals surface area contributed by atoms with Gasteiger partial charge in [0.15, 0.2) is 0 Å². The van der Waals surface area contributed by atoms with Gasteiger partial charge >= 0.3 is 5.97 Å². The van der Waals surface area contributed by atoms with Gasteiger partial charge in [-0.2, -0.15) is 0 Å². The Balaban J connectivity index is 4.17. The van der Waals surface area contributed by atoms with Crippen molar-refractivity contribution in [1.29, 1.82) is 0 Å². The second-order valence-electron chi connectivity index (χ2n) is 5.53. The molecule has 0 aliphatic rings. The minimum atomic E-state index is -0.148. The molecule has 0 aliphatic heterocycles. The van der Waals surface area contributed by atoms with E-state index in [1.165, 1.54) is 32.8 Å². The van der Waals surface area contributed by atoms with Gasteiger partial charge in [0.1, 0.15) is 6.04 Å². The summed E-state index contributed by atoms with van der Waals surface area (Å²) in [6.45, 7) is 9.62. The Morgan fingerprint density at radius 1 is 1.28 bits per heavy atom. The van der Waals surface area contributed by atoms with Crippen molar-refractivity contribution < 1.29 is 9.53 Å². The molecule has 108 valence electrons. The molecule has 0 amide bonds. The molecule has 0 rings (SSSR count). The maximum Gasteiger partial charge on any atom is 0.322 e. The highest BCUT2D eigenvalue weighted by Crippen LogP contribution is 2.13. The molecule has 1 N–H and O–H groups in total. The first-order valence-electron chi connectivity index (χ1n) is 7.36. The lowest BCUT2D eigenvalue weighted by Crippen LogP contribution is -2.41. The fourth-order valence-electron chi connectivity index (χ4n) is 2.13. The molecule has 0 saturated carbocycles. The first kappa shape index (κ1) is 17.4. The Labute approximate surface area is 113 Å². The zero-order chi connectivity index (χ0) is 14.0. The van der Waals surface area contributed by atoms with Gasteiger partial charge in [0, 0.05) is 0 Å². The molecule has 0 aromatic carbocycles. The predicted octanol–water partition coefficient (Wildman–Crippen LogP) is 3.38. The molecule has 0 spiro atoms. The summed E-state index contributed by atoms with van der Waals surface area (Å²) in [6, 6.07) is -0.148. The number of esters is 1. The summed E-state index contributed by atoms with van der Waals surface area (Å²) in [5, 5.41) is 3.39. The molecule has 3 nitrogen and oxygen atoms in total. The average molecular weight is 257 g/mol. The fraction of sp³-hybridized carbons (Fsp3) is 0.933. The van der Waals surface area contributed by atoms with E-state index in [0.717, 1.165) is 13.0 Å². The van der Waals surface area contributed by atoms with Gasteiger partial charge in [0.2, 0.25) is 0 Å². The van der Waals surface area contributed by atoms with E-state index >= 15 is 0 Å². The molecular weight excluding hydrogens is 226 g/mol. The Hall–Kier alpha value is -0.570. The molecule has 0 bridgehead atoms. The van der Waals surface area contributed by atoms with Crippen molar-refractivity contribution in [2.75, 3.05) is 13.7 Å². The Kier molecular flexibility index (Phi) is 10.0. The van der Waals surface area contributed by atoms with E-state index in [1.54, 1.807) is 0 Å². The van der Waals surface area contributed by atoms with E-state index in [2.05, 4.69) is 33.0 Å². The van der Waals surface area contributed by atoms with Crippen LogP contribution >= 0.6 is 0 Å². The lowest BCUT2D eigenvalue weighted by Gasteiger charge is -2.22. The highest BCUT2D eigenvalue weighted by Gasteiger charge is 2.20. The maximum atomic E-state index is 11.7. The lowest BCUT2D eigenvalue weighted by molar-refractivity contribution is -0.143. The van der Waals surface area contributed by atoms with E-state index in [1.807, 2.05) is 0 Å². The third-order valence-corrected chi connectivity index (χ3v) is 3.39. The molecule has 0 aliphatic carbocycles. The number of nitrogens with one attached hydrogen (secondary N) is 1. The first-order valence-corrected chi connectivity index (χ1v) is 7.36. The number of carbonyl (C=O) groups is 1. The molecule has 0 heterocycles. The summed E-state index contributed by atoms with van der Waals surface area (Å²) in [5.74, 6) is 1.04. The molecule has 0 radical (unpaired) electrons. The van der Waals surface area contributed by atoms with E-state index in [-0.39, 0.29) is 12.0 Å². The first-order chi connectivity index (χ1) is 8.54. The minimum absolute atomic E-state index is 0.131. The second-order valence-corrected chi connectivity index (χ2v) is 5.53. The molecule has 0 aromatic rings. The highest BCUT2D eigenvalue weighted by atomic mass is 16.5. The predicted molar refractivity (Wildman–Crippen MR) is 76.6 cm³/mol. The van der Waals surface area contributed by atoms with Gasteiger partial charge in [-0.25, -0.2) is 0 Å². The molecule has 18 heavy (non-hydrogen) atoms. The van der Waals surface area contributed by atoms with Crippen LogP contribution in [0.4, 0.5) is 0 Å². The maximum absolute atomic E-state index is 11.7. The van der Waals surface area contributed by atoms with Crippen LogP contribution in [-0.2, 0) is 9.53 Å². The molecule has 0 aromatic heterocycles. The van der Waals surface area contributed by atoms with Gasteiger partial charge in [0.25, 0.3) is 0 Å². The number of ether oxygens (including phenoxy) is 1. The van der Waals surface area contributed by atoms with Crippen LogP contribution in [-0.4, -0.2) is 25.7 Å². The number of rotatable bonds is 10. The molecular formula is C15H31NO2. The Morgan fingerprint density at radius 2 is 1.94 bits per heavy atom. The van der Waals surface area contributed by atoms with E-state index < -0.39 is 0 Å². The van der Waals surface area contributed by atoms with Crippen molar-refractivity contribution in [2.45, 2.75) is 65.8 Å². The zero-order valence-electron chi connectivity index (χ0n) is 12.8. The molecule has 0 fully saturated rings. The number of hydrogen-bond donors (Lipinski definition) is 1. The summed E-state index contributed by atoms with van der Waals surface area (Å²) in [7, 11) is 1.46. The van der Waals surface area contributed by atoms with Gasteiger partial charge in [-0.3, -0.25) is 4.79 Å². The van der Waals surface area contributed by atoms with Crippen LogP contribution in [0.1, 0.15) is 59.8 Å². The topological polar surface area (TPSA) is 38.3 Å². The van der Waals surface area contributed by atoms with Crippen LogP contribution in [0.3, 0.4) is 0 Å². The largest absolute Gasteiger partial charge is 0.468 e. The fourth-order valence-corrected chi connectivity index (χ4v) is 2.13. The van der Waals surface area contributed by atoms with Crippen molar-refractivity contribution in [3.63, 3.8) is 0 Å². The molecule has 2 unspecified atom stereocenters. The highest BCUT2D eigenvalue weighted by molar-refractivity contribution is 5.75.